The molecule has 2 rings (SSSR count). The molecule has 0 aromatic carbocycles. The average Bonchev–Trinajstić information content (AvgIpc) is 2.75. The zero-order valence-corrected chi connectivity index (χ0v) is 12.3. The summed E-state index contributed by atoms with van der Waals surface area (Å²) in [5.41, 5.74) is 0. The third-order valence-corrected chi connectivity index (χ3v) is 5.00. The van der Waals surface area contributed by atoms with Gasteiger partial charge < -0.3 is 5.32 Å². The number of hydrogen-bond donors (Lipinski definition) is 1. The van der Waals surface area contributed by atoms with Crippen molar-refractivity contribution in [2.24, 2.45) is 5.92 Å². The van der Waals surface area contributed by atoms with Crippen molar-refractivity contribution in [1.29, 1.82) is 0 Å². The Morgan fingerprint density at radius 2 is 2.18 bits per heavy atom. The lowest BCUT2D eigenvalue weighted by atomic mass is 10.0. The molecule has 1 aliphatic rings. The average molecular weight is 273 g/mol. The second-order valence-corrected chi connectivity index (χ2v) is 6.86. The van der Waals surface area contributed by atoms with Crippen LogP contribution in [0.3, 0.4) is 0 Å². The highest BCUT2D eigenvalue weighted by molar-refractivity contribution is 7.16. The smallest absolute Gasteiger partial charge is 0.0931 e. The third-order valence-electron chi connectivity index (χ3n) is 3.59. The summed E-state index contributed by atoms with van der Waals surface area (Å²) in [7, 11) is 0. The van der Waals surface area contributed by atoms with Crippen LogP contribution < -0.4 is 5.32 Å². The molecule has 0 saturated carbocycles. The van der Waals surface area contributed by atoms with Crippen molar-refractivity contribution in [2.75, 3.05) is 19.6 Å². The highest BCUT2D eigenvalue weighted by Gasteiger charge is 2.26. The molecule has 0 aliphatic carbocycles. The van der Waals surface area contributed by atoms with Crippen molar-refractivity contribution in [2.45, 2.75) is 32.9 Å². The molecule has 1 aliphatic heterocycles. The lowest BCUT2D eigenvalue weighted by Gasteiger charge is -2.38. The number of halogens is 1. The molecule has 1 aromatic heterocycles. The van der Waals surface area contributed by atoms with Crippen LogP contribution in [0.15, 0.2) is 12.1 Å². The number of nitrogens with one attached hydrogen (secondary N) is 1. The Balaban J connectivity index is 2.02. The SMILES string of the molecule is CC(C)C1CN(C(C)c2ccc(Cl)s2)CCN1. The first kappa shape index (κ1) is 13.3. The van der Waals surface area contributed by atoms with Gasteiger partial charge in [0.25, 0.3) is 0 Å². The number of nitrogens with zero attached hydrogens (tertiary/aromatic N) is 1. The van der Waals surface area contributed by atoms with Gasteiger partial charge in [-0.1, -0.05) is 25.4 Å². The summed E-state index contributed by atoms with van der Waals surface area (Å²) >= 11 is 7.71. The minimum Gasteiger partial charge on any atom is -0.311 e. The summed E-state index contributed by atoms with van der Waals surface area (Å²) in [5, 5.41) is 3.60. The Morgan fingerprint density at radius 1 is 1.41 bits per heavy atom. The fraction of sp³-hybridized carbons (Fsp3) is 0.692. The molecule has 0 radical (unpaired) electrons. The fourth-order valence-electron chi connectivity index (χ4n) is 2.33. The van der Waals surface area contributed by atoms with Crippen molar-refractivity contribution >= 4 is 22.9 Å². The molecule has 0 amide bonds. The Labute approximate surface area is 113 Å². The largest absolute Gasteiger partial charge is 0.311 e. The zero-order chi connectivity index (χ0) is 12.4. The van der Waals surface area contributed by atoms with Gasteiger partial charge in [-0.15, -0.1) is 11.3 Å². The van der Waals surface area contributed by atoms with Gasteiger partial charge in [0.1, 0.15) is 0 Å². The number of piperazine rings is 1. The third kappa shape index (κ3) is 3.22. The maximum Gasteiger partial charge on any atom is 0.0931 e. The van der Waals surface area contributed by atoms with E-state index < -0.39 is 0 Å². The van der Waals surface area contributed by atoms with Crippen LogP contribution in [0, 0.1) is 5.92 Å². The molecule has 0 spiro atoms. The van der Waals surface area contributed by atoms with Crippen molar-refractivity contribution in [1.82, 2.24) is 10.2 Å². The van der Waals surface area contributed by atoms with E-state index in [0.717, 1.165) is 24.0 Å². The quantitative estimate of drug-likeness (QED) is 0.907. The molecule has 1 N–H and O–H groups in total. The van der Waals surface area contributed by atoms with Crippen LogP contribution in [-0.4, -0.2) is 30.6 Å². The fourth-order valence-corrected chi connectivity index (χ4v) is 3.48. The van der Waals surface area contributed by atoms with Gasteiger partial charge >= 0.3 is 0 Å². The normalized spacial score (nSPS) is 24.2. The van der Waals surface area contributed by atoms with Crippen LogP contribution in [0.25, 0.3) is 0 Å². The van der Waals surface area contributed by atoms with Crippen molar-refractivity contribution < 1.29 is 0 Å². The molecule has 17 heavy (non-hydrogen) atoms. The second kappa shape index (κ2) is 5.70. The molecule has 4 heteroatoms. The minimum absolute atomic E-state index is 0.482. The monoisotopic (exact) mass is 272 g/mol. The molecule has 2 atom stereocenters. The lowest BCUT2D eigenvalue weighted by molar-refractivity contribution is 0.136. The van der Waals surface area contributed by atoms with Gasteiger partial charge in [-0.2, -0.15) is 0 Å². The number of hydrogen-bond acceptors (Lipinski definition) is 3. The molecule has 2 heterocycles. The summed E-state index contributed by atoms with van der Waals surface area (Å²) in [4.78, 5) is 3.93. The first-order chi connectivity index (χ1) is 8.08. The standard InChI is InChI=1S/C13H21ClN2S/c1-9(2)11-8-16(7-6-15-11)10(3)12-4-5-13(14)17-12/h4-5,9-11,15H,6-8H2,1-3H3. The van der Waals surface area contributed by atoms with E-state index in [4.69, 9.17) is 11.6 Å². The molecule has 1 fully saturated rings. The second-order valence-electron chi connectivity index (χ2n) is 5.12. The van der Waals surface area contributed by atoms with Crippen LogP contribution in [0.1, 0.15) is 31.7 Å². The van der Waals surface area contributed by atoms with E-state index in [0.29, 0.717) is 18.0 Å². The maximum absolute atomic E-state index is 6.01. The van der Waals surface area contributed by atoms with Crippen LogP contribution >= 0.6 is 22.9 Å². The van der Waals surface area contributed by atoms with Crippen LogP contribution in [0.5, 0.6) is 0 Å². The van der Waals surface area contributed by atoms with E-state index in [1.54, 1.807) is 11.3 Å². The van der Waals surface area contributed by atoms with Gasteiger partial charge in [0.15, 0.2) is 0 Å². The predicted molar refractivity (Wildman–Crippen MR) is 75.9 cm³/mol. The molecule has 1 aromatic rings. The van der Waals surface area contributed by atoms with Gasteiger partial charge in [0.2, 0.25) is 0 Å². The van der Waals surface area contributed by atoms with Gasteiger partial charge in [-0.3, -0.25) is 4.90 Å². The summed E-state index contributed by atoms with van der Waals surface area (Å²) in [6.07, 6.45) is 0. The van der Waals surface area contributed by atoms with Crippen LogP contribution in [0.2, 0.25) is 4.34 Å². The summed E-state index contributed by atoms with van der Waals surface area (Å²) in [5.74, 6) is 0.692. The predicted octanol–water partition coefficient (Wildman–Crippen LogP) is 3.39. The van der Waals surface area contributed by atoms with E-state index >= 15 is 0 Å². The van der Waals surface area contributed by atoms with Crippen LogP contribution in [-0.2, 0) is 0 Å². The Kier molecular flexibility index (Phi) is 4.47. The Morgan fingerprint density at radius 3 is 2.76 bits per heavy atom. The minimum atomic E-state index is 0.482. The lowest BCUT2D eigenvalue weighted by Crippen LogP contribution is -2.53. The number of rotatable bonds is 3. The van der Waals surface area contributed by atoms with Gasteiger partial charge in [-0.05, 0) is 25.0 Å². The Hall–Kier alpha value is -0.0900. The highest BCUT2D eigenvalue weighted by Crippen LogP contribution is 2.31. The van der Waals surface area contributed by atoms with E-state index in [2.05, 4.69) is 37.1 Å². The first-order valence-corrected chi connectivity index (χ1v) is 7.50. The van der Waals surface area contributed by atoms with Crippen molar-refractivity contribution in [3.8, 4) is 0 Å². The summed E-state index contributed by atoms with van der Waals surface area (Å²) < 4.78 is 0.891. The summed E-state index contributed by atoms with van der Waals surface area (Å²) in [6, 6.07) is 5.25. The Bertz CT molecular complexity index is 364. The zero-order valence-electron chi connectivity index (χ0n) is 10.7. The first-order valence-electron chi connectivity index (χ1n) is 6.30. The van der Waals surface area contributed by atoms with E-state index in [9.17, 15) is 0 Å². The number of thiophene rings is 1. The van der Waals surface area contributed by atoms with E-state index in [1.165, 1.54) is 4.88 Å². The van der Waals surface area contributed by atoms with Crippen molar-refractivity contribution in [3.63, 3.8) is 0 Å². The van der Waals surface area contributed by atoms with Crippen LogP contribution in [0.4, 0.5) is 0 Å². The summed E-state index contributed by atoms with van der Waals surface area (Å²) in [6.45, 7) is 10.2. The molecule has 0 bridgehead atoms. The van der Waals surface area contributed by atoms with Gasteiger partial charge in [0.05, 0.1) is 4.34 Å². The molecule has 2 nitrogen and oxygen atoms in total. The molecule has 2 unspecified atom stereocenters. The highest BCUT2D eigenvalue weighted by atomic mass is 35.5. The molecule has 1 saturated heterocycles. The topological polar surface area (TPSA) is 15.3 Å². The van der Waals surface area contributed by atoms with Gasteiger partial charge in [-0.25, -0.2) is 0 Å². The van der Waals surface area contributed by atoms with Gasteiger partial charge in [0, 0.05) is 36.6 Å². The maximum atomic E-state index is 6.01. The van der Waals surface area contributed by atoms with E-state index in [1.807, 2.05) is 6.07 Å². The molecule has 96 valence electrons. The van der Waals surface area contributed by atoms with Crippen molar-refractivity contribution in [3.05, 3.63) is 21.3 Å². The molecular weight excluding hydrogens is 252 g/mol. The van der Waals surface area contributed by atoms with E-state index in [-0.39, 0.29) is 0 Å². The molecular formula is C13H21ClN2S.